The van der Waals surface area contributed by atoms with Crippen LogP contribution in [0.15, 0.2) is 0 Å². The highest BCUT2D eigenvalue weighted by molar-refractivity contribution is 5.81. The lowest BCUT2D eigenvalue weighted by Crippen LogP contribution is -2.58. The lowest BCUT2D eigenvalue weighted by molar-refractivity contribution is -0.153. The maximum Gasteiger partial charge on any atom is 0.326 e. The molecule has 0 bridgehead atoms. The summed E-state index contributed by atoms with van der Waals surface area (Å²) in [6.07, 6.45) is 5.16. The third-order valence-corrected chi connectivity index (χ3v) is 4.48. The molecule has 0 aromatic heterocycles. The fraction of sp³-hybridized carbons (Fsp3) is 0.938. The molecule has 0 aliphatic heterocycles. The Kier molecular flexibility index (Phi) is 6.96. The van der Waals surface area contributed by atoms with Gasteiger partial charge in [0.15, 0.2) is 0 Å². The quantitative estimate of drug-likeness (QED) is 0.730. The molecule has 0 aromatic carbocycles. The summed E-state index contributed by atoms with van der Waals surface area (Å²) in [5.41, 5.74) is -0.486. The summed E-state index contributed by atoms with van der Waals surface area (Å²) in [6, 6.07) is 0.996. The highest BCUT2D eigenvalue weighted by Gasteiger charge is 2.44. The van der Waals surface area contributed by atoms with Gasteiger partial charge in [-0.15, -0.1) is 0 Å². The van der Waals surface area contributed by atoms with E-state index in [0.717, 1.165) is 32.2 Å². The van der Waals surface area contributed by atoms with Gasteiger partial charge in [0.2, 0.25) is 0 Å². The number of rotatable bonds is 7. The molecule has 1 aliphatic rings. The summed E-state index contributed by atoms with van der Waals surface area (Å²) < 4.78 is 5.30. The SMILES string of the molecule is CCCN(C(C)C)C1CCCC(NC)(C(=O)OCC)C1. The van der Waals surface area contributed by atoms with Gasteiger partial charge < -0.3 is 10.1 Å². The van der Waals surface area contributed by atoms with E-state index in [4.69, 9.17) is 4.74 Å². The Morgan fingerprint density at radius 3 is 2.65 bits per heavy atom. The number of nitrogens with zero attached hydrogens (tertiary/aromatic N) is 1. The first-order valence-electron chi connectivity index (χ1n) is 8.12. The van der Waals surface area contributed by atoms with Crippen LogP contribution in [0.2, 0.25) is 0 Å². The molecule has 1 saturated carbocycles. The van der Waals surface area contributed by atoms with Crippen LogP contribution in [0.25, 0.3) is 0 Å². The van der Waals surface area contributed by atoms with Crippen LogP contribution in [0.4, 0.5) is 0 Å². The molecule has 1 fully saturated rings. The summed E-state index contributed by atoms with van der Waals surface area (Å²) >= 11 is 0. The van der Waals surface area contributed by atoms with Crippen molar-refractivity contribution in [2.24, 2.45) is 0 Å². The van der Waals surface area contributed by atoms with Gasteiger partial charge in [0.05, 0.1) is 6.61 Å². The molecule has 118 valence electrons. The van der Waals surface area contributed by atoms with Crippen LogP contribution in [0.5, 0.6) is 0 Å². The first-order valence-corrected chi connectivity index (χ1v) is 8.12. The molecule has 0 spiro atoms. The van der Waals surface area contributed by atoms with Crippen LogP contribution in [-0.2, 0) is 9.53 Å². The third kappa shape index (κ3) is 3.95. The van der Waals surface area contributed by atoms with Gasteiger partial charge in [0, 0.05) is 12.1 Å². The molecule has 0 aromatic rings. The molecule has 2 atom stereocenters. The summed E-state index contributed by atoms with van der Waals surface area (Å²) in [7, 11) is 1.89. The number of likely N-dealkylation sites (N-methyl/N-ethyl adjacent to an activating group) is 1. The van der Waals surface area contributed by atoms with Gasteiger partial charge in [0.25, 0.3) is 0 Å². The van der Waals surface area contributed by atoms with E-state index in [0.29, 0.717) is 18.7 Å². The van der Waals surface area contributed by atoms with Crippen molar-refractivity contribution in [3.8, 4) is 0 Å². The fourth-order valence-electron chi connectivity index (χ4n) is 3.43. The number of hydrogen-bond donors (Lipinski definition) is 1. The summed E-state index contributed by atoms with van der Waals surface area (Å²) in [5.74, 6) is -0.0765. The number of ether oxygens (including phenoxy) is 1. The van der Waals surface area contributed by atoms with Crippen molar-refractivity contribution in [1.82, 2.24) is 10.2 Å². The van der Waals surface area contributed by atoms with Crippen LogP contribution in [0, 0.1) is 0 Å². The zero-order valence-corrected chi connectivity index (χ0v) is 13.9. The van der Waals surface area contributed by atoms with Gasteiger partial charge in [-0.2, -0.15) is 0 Å². The highest BCUT2D eigenvalue weighted by atomic mass is 16.5. The Morgan fingerprint density at radius 2 is 2.15 bits per heavy atom. The number of nitrogens with one attached hydrogen (secondary N) is 1. The van der Waals surface area contributed by atoms with Gasteiger partial charge in [-0.1, -0.05) is 6.92 Å². The highest BCUT2D eigenvalue weighted by Crippen LogP contribution is 2.33. The van der Waals surface area contributed by atoms with Gasteiger partial charge in [-0.25, -0.2) is 0 Å². The van der Waals surface area contributed by atoms with Gasteiger partial charge in [0.1, 0.15) is 5.54 Å². The number of hydrogen-bond acceptors (Lipinski definition) is 4. The van der Waals surface area contributed by atoms with Crippen molar-refractivity contribution in [2.75, 3.05) is 20.2 Å². The topological polar surface area (TPSA) is 41.6 Å². The zero-order valence-electron chi connectivity index (χ0n) is 13.9. The second-order valence-electron chi connectivity index (χ2n) is 6.13. The Morgan fingerprint density at radius 1 is 1.45 bits per heavy atom. The average molecular weight is 284 g/mol. The lowest BCUT2D eigenvalue weighted by atomic mass is 9.78. The first kappa shape index (κ1) is 17.4. The maximum atomic E-state index is 12.3. The van der Waals surface area contributed by atoms with E-state index >= 15 is 0 Å². The fourth-order valence-corrected chi connectivity index (χ4v) is 3.43. The van der Waals surface area contributed by atoms with Gasteiger partial charge in [-0.05, 0) is 66.5 Å². The van der Waals surface area contributed by atoms with Gasteiger partial charge in [-0.3, -0.25) is 9.69 Å². The Balaban J connectivity index is 2.84. The van der Waals surface area contributed by atoms with E-state index in [1.807, 2.05) is 14.0 Å². The lowest BCUT2D eigenvalue weighted by Gasteiger charge is -2.44. The molecule has 20 heavy (non-hydrogen) atoms. The second kappa shape index (κ2) is 7.99. The normalized spacial score (nSPS) is 27.1. The number of esters is 1. The molecular weight excluding hydrogens is 252 g/mol. The Labute approximate surface area is 124 Å². The molecule has 1 aliphatic carbocycles. The third-order valence-electron chi connectivity index (χ3n) is 4.48. The molecule has 0 heterocycles. The molecule has 4 nitrogen and oxygen atoms in total. The number of carbonyl (C=O) groups excluding carboxylic acids is 1. The second-order valence-corrected chi connectivity index (χ2v) is 6.13. The van der Waals surface area contributed by atoms with E-state index in [1.165, 1.54) is 6.42 Å². The maximum absolute atomic E-state index is 12.3. The van der Waals surface area contributed by atoms with E-state index in [-0.39, 0.29) is 5.97 Å². The summed E-state index contributed by atoms with van der Waals surface area (Å²) in [4.78, 5) is 14.9. The monoisotopic (exact) mass is 284 g/mol. The van der Waals surface area contributed by atoms with Crippen LogP contribution < -0.4 is 5.32 Å². The van der Waals surface area contributed by atoms with E-state index in [2.05, 4.69) is 31.0 Å². The van der Waals surface area contributed by atoms with E-state index < -0.39 is 5.54 Å². The molecule has 2 unspecified atom stereocenters. The Hall–Kier alpha value is -0.610. The predicted octanol–water partition coefficient (Wildman–Crippen LogP) is 2.57. The minimum absolute atomic E-state index is 0.0765. The van der Waals surface area contributed by atoms with Crippen LogP contribution >= 0.6 is 0 Å². The minimum atomic E-state index is -0.486. The summed E-state index contributed by atoms with van der Waals surface area (Å²) in [6.45, 7) is 10.1. The molecule has 4 heteroatoms. The minimum Gasteiger partial charge on any atom is -0.465 e. The molecule has 0 saturated heterocycles. The molecule has 1 rings (SSSR count). The number of carbonyl (C=O) groups is 1. The van der Waals surface area contributed by atoms with Crippen molar-refractivity contribution >= 4 is 5.97 Å². The van der Waals surface area contributed by atoms with Crippen molar-refractivity contribution in [3.05, 3.63) is 0 Å². The zero-order chi connectivity index (χ0) is 15.2. The van der Waals surface area contributed by atoms with Crippen LogP contribution in [0.1, 0.15) is 59.8 Å². The van der Waals surface area contributed by atoms with E-state index in [1.54, 1.807) is 0 Å². The summed E-state index contributed by atoms with van der Waals surface area (Å²) in [5, 5.41) is 3.27. The van der Waals surface area contributed by atoms with Crippen molar-refractivity contribution in [3.63, 3.8) is 0 Å². The largest absolute Gasteiger partial charge is 0.465 e. The predicted molar refractivity (Wildman–Crippen MR) is 82.8 cm³/mol. The molecular formula is C16H32N2O2. The molecule has 0 radical (unpaired) electrons. The Bertz CT molecular complexity index is 307. The molecule has 1 N–H and O–H groups in total. The average Bonchev–Trinajstić information content (AvgIpc) is 2.44. The van der Waals surface area contributed by atoms with Gasteiger partial charge >= 0.3 is 5.97 Å². The van der Waals surface area contributed by atoms with Crippen LogP contribution in [-0.4, -0.2) is 48.7 Å². The van der Waals surface area contributed by atoms with Crippen LogP contribution in [0.3, 0.4) is 0 Å². The van der Waals surface area contributed by atoms with Crippen molar-refractivity contribution in [1.29, 1.82) is 0 Å². The van der Waals surface area contributed by atoms with Crippen molar-refractivity contribution < 1.29 is 9.53 Å². The standard InChI is InChI=1S/C16H32N2O2/c1-6-11-18(13(3)4)14-9-8-10-16(12-14,17-5)15(19)20-7-2/h13-14,17H,6-12H2,1-5H3. The van der Waals surface area contributed by atoms with E-state index in [9.17, 15) is 4.79 Å². The smallest absolute Gasteiger partial charge is 0.326 e. The van der Waals surface area contributed by atoms with Crippen molar-refractivity contribution in [2.45, 2.75) is 77.4 Å². The molecule has 0 amide bonds. The first-order chi connectivity index (χ1) is 9.50.